The molecule has 1 unspecified atom stereocenters. The minimum atomic E-state index is -0.220. The maximum absolute atomic E-state index is 12.5. The van der Waals surface area contributed by atoms with Crippen LogP contribution in [0, 0.1) is 0 Å². The molecule has 22 heavy (non-hydrogen) atoms. The highest BCUT2D eigenvalue weighted by molar-refractivity contribution is 8.01. The molecule has 1 aliphatic carbocycles. The molecular formula is C17H17NO3S. The first kappa shape index (κ1) is 13.8. The Morgan fingerprint density at radius 1 is 1.23 bits per heavy atom. The van der Waals surface area contributed by atoms with E-state index >= 15 is 0 Å². The maximum atomic E-state index is 12.5. The molecule has 1 atom stereocenters. The van der Waals surface area contributed by atoms with Crippen LogP contribution in [0.2, 0.25) is 0 Å². The second-order valence-electron chi connectivity index (χ2n) is 5.65. The quantitative estimate of drug-likeness (QED) is 0.614. The summed E-state index contributed by atoms with van der Waals surface area (Å²) in [5.41, 5.74) is 2.16. The van der Waals surface area contributed by atoms with Crippen LogP contribution < -0.4 is 4.74 Å². The molecular weight excluding hydrogens is 298 g/mol. The van der Waals surface area contributed by atoms with Crippen LogP contribution in [0.5, 0.6) is 5.75 Å². The number of hydrogen-bond acceptors (Lipinski definition) is 5. The predicted octanol–water partition coefficient (Wildman–Crippen LogP) is 3.71. The fraction of sp³-hybridized carbons (Fsp3) is 0.353. The summed E-state index contributed by atoms with van der Waals surface area (Å²) in [6.45, 7) is 0. The molecule has 2 aliphatic heterocycles. The number of carbonyl (C=O) groups is 1. The summed E-state index contributed by atoms with van der Waals surface area (Å²) in [4.78, 5) is 13.8. The van der Waals surface area contributed by atoms with Crippen molar-refractivity contribution in [2.75, 3.05) is 7.11 Å². The number of methoxy groups -OCH3 is 1. The van der Waals surface area contributed by atoms with Crippen molar-refractivity contribution in [3.63, 3.8) is 0 Å². The first-order chi connectivity index (χ1) is 10.8. The summed E-state index contributed by atoms with van der Waals surface area (Å²) in [6, 6.07) is 7.34. The molecule has 0 radical (unpaired) electrons. The zero-order valence-corrected chi connectivity index (χ0v) is 13.2. The number of nitrogens with zero attached hydrogens (tertiary/aromatic N) is 1. The van der Waals surface area contributed by atoms with Crippen LogP contribution in [-0.2, 0) is 9.53 Å². The van der Waals surface area contributed by atoms with Crippen molar-refractivity contribution < 1.29 is 14.3 Å². The zero-order chi connectivity index (χ0) is 15.1. The van der Waals surface area contributed by atoms with E-state index in [1.807, 2.05) is 30.5 Å². The van der Waals surface area contributed by atoms with Crippen molar-refractivity contribution in [2.45, 2.75) is 31.7 Å². The lowest BCUT2D eigenvalue weighted by Gasteiger charge is -2.28. The Balaban J connectivity index is 1.64. The largest absolute Gasteiger partial charge is 0.497 e. The molecule has 0 aromatic heterocycles. The number of carbonyl (C=O) groups excluding carboxylic acids is 1. The third kappa shape index (κ3) is 2.20. The maximum Gasteiger partial charge on any atom is 0.339 e. The molecule has 5 heteroatoms. The molecule has 0 saturated heterocycles. The monoisotopic (exact) mass is 315 g/mol. The fourth-order valence-corrected chi connectivity index (χ4v) is 4.46. The van der Waals surface area contributed by atoms with E-state index in [1.54, 1.807) is 19.1 Å². The van der Waals surface area contributed by atoms with Crippen LogP contribution >= 0.6 is 11.9 Å². The van der Waals surface area contributed by atoms with Crippen LogP contribution in [0.25, 0.3) is 5.76 Å². The summed E-state index contributed by atoms with van der Waals surface area (Å²) in [5.74, 6) is 1.24. The van der Waals surface area contributed by atoms with Gasteiger partial charge in [-0.15, -0.1) is 0 Å². The summed E-state index contributed by atoms with van der Waals surface area (Å²) in [5, 5.41) is 0. The van der Waals surface area contributed by atoms with Crippen molar-refractivity contribution in [1.82, 2.24) is 4.31 Å². The lowest BCUT2D eigenvalue weighted by atomic mass is 9.93. The molecule has 3 aliphatic rings. The van der Waals surface area contributed by atoms with E-state index in [0.29, 0.717) is 5.76 Å². The molecule has 114 valence electrons. The number of rotatable bonds is 2. The van der Waals surface area contributed by atoms with Crippen molar-refractivity contribution in [3.05, 3.63) is 46.5 Å². The van der Waals surface area contributed by atoms with Crippen LogP contribution in [0.1, 0.15) is 31.2 Å². The molecule has 0 fully saturated rings. The number of fused-ring (bicyclic) bond motifs is 2. The second kappa shape index (κ2) is 5.39. The normalized spacial score (nSPS) is 23.7. The minimum absolute atomic E-state index is 0.160. The molecule has 4 rings (SSSR count). The van der Waals surface area contributed by atoms with E-state index < -0.39 is 0 Å². The Morgan fingerprint density at radius 2 is 2.00 bits per heavy atom. The Morgan fingerprint density at radius 3 is 2.77 bits per heavy atom. The van der Waals surface area contributed by atoms with Gasteiger partial charge in [-0.05, 0) is 67.5 Å². The predicted molar refractivity (Wildman–Crippen MR) is 85.8 cm³/mol. The Hall–Kier alpha value is -1.88. The molecule has 0 saturated carbocycles. The highest BCUT2D eigenvalue weighted by atomic mass is 32.2. The van der Waals surface area contributed by atoms with Crippen molar-refractivity contribution >= 4 is 23.7 Å². The molecule has 0 N–H and O–H groups in total. The number of allylic oxidation sites excluding steroid dienone is 1. The molecule has 0 bridgehead atoms. The van der Waals surface area contributed by atoms with Gasteiger partial charge in [0.1, 0.15) is 5.75 Å². The number of cyclic esters (lactones) is 1. The highest BCUT2D eigenvalue weighted by Gasteiger charge is 2.42. The number of esters is 1. The Bertz CT molecular complexity index is 678. The molecule has 1 aromatic rings. The SMILES string of the molecule is COc1ccc(C2=CN3SC4=C(CCCC4)C3C(=O)O2)cc1. The van der Waals surface area contributed by atoms with E-state index in [9.17, 15) is 4.79 Å². The van der Waals surface area contributed by atoms with Crippen LogP contribution in [-0.4, -0.2) is 23.4 Å². The van der Waals surface area contributed by atoms with Gasteiger partial charge in [-0.3, -0.25) is 4.31 Å². The Labute approximate surface area is 133 Å². The molecule has 2 heterocycles. The zero-order valence-electron chi connectivity index (χ0n) is 12.4. The smallest absolute Gasteiger partial charge is 0.339 e. The average Bonchev–Trinajstić information content (AvgIpc) is 2.93. The third-order valence-electron chi connectivity index (χ3n) is 4.31. The molecule has 0 amide bonds. The first-order valence-corrected chi connectivity index (χ1v) is 8.30. The molecule has 4 nitrogen and oxygen atoms in total. The van der Waals surface area contributed by atoms with Gasteiger partial charge in [0.2, 0.25) is 0 Å². The van der Waals surface area contributed by atoms with Crippen molar-refractivity contribution in [3.8, 4) is 5.75 Å². The Kier molecular flexibility index (Phi) is 3.37. The average molecular weight is 315 g/mol. The van der Waals surface area contributed by atoms with Crippen LogP contribution in [0.3, 0.4) is 0 Å². The first-order valence-electron chi connectivity index (χ1n) is 7.52. The molecule has 1 aromatic carbocycles. The van der Waals surface area contributed by atoms with Crippen LogP contribution in [0.4, 0.5) is 0 Å². The van der Waals surface area contributed by atoms with Gasteiger partial charge >= 0.3 is 5.97 Å². The van der Waals surface area contributed by atoms with Crippen LogP contribution in [0.15, 0.2) is 40.9 Å². The number of benzene rings is 1. The summed E-state index contributed by atoms with van der Waals surface area (Å²) in [7, 11) is 1.64. The van der Waals surface area contributed by atoms with Gasteiger partial charge in [-0.2, -0.15) is 0 Å². The summed E-state index contributed by atoms with van der Waals surface area (Å²) < 4.78 is 12.8. The number of ether oxygens (including phenoxy) is 2. The van der Waals surface area contributed by atoms with Gasteiger partial charge in [0.25, 0.3) is 0 Å². The summed E-state index contributed by atoms with van der Waals surface area (Å²) >= 11 is 1.70. The van der Waals surface area contributed by atoms with Gasteiger partial charge in [-0.1, -0.05) is 0 Å². The minimum Gasteiger partial charge on any atom is -0.497 e. The van der Waals surface area contributed by atoms with E-state index in [2.05, 4.69) is 4.31 Å². The van der Waals surface area contributed by atoms with E-state index in [4.69, 9.17) is 9.47 Å². The van der Waals surface area contributed by atoms with Gasteiger partial charge in [0.05, 0.1) is 13.3 Å². The standard InChI is InChI=1S/C17H17NO3S/c1-20-12-8-6-11(7-9-12)14-10-18-16(17(19)21-14)13-4-2-3-5-15(13)22-18/h6-10,16H,2-5H2,1H3. The highest BCUT2D eigenvalue weighted by Crippen LogP contribution is 2.48. The van der Waals surface area contributed by atoms with E-state index in [1.165, 1.54) is 23.3 Å². The van der Waals surface area contributed by atoms with Crippen molar-refractivity contribution in [2.24, 2.45) is 0 Å². The van der Waals surface area contributed by atoms with Gasteiger partial charge in [0, 0.05) is 10.5 Å². The topological polar surface area (TPSA) is 38.8 Å². The third-order valence-corrected chi connectivity index (χ3v) is 5.52. The lowest BCUT2D eigenvalue weighted by Crippen LogP contribution is -2.37. The van der Waals surface area contributed by atoms with E-state index in [0.717, 1.165) is 24.2 Å². The molecule has 0 spiro atoms. The van der Waals surface area contributed by atoms with Gasteiger partial charge in [0.15, 0.2) is 11.8 Å². The van der Waals surface area contributed by atoms with Crippen molar-refractivity contribution in [1.29, 1.82) is 0 Å². The van der Waals surface area contributed by atoms with Gasteiger partial charge < -0.3 is 9.47 Å². The fourth-order valence-electron chi connectivity index (χ4n) is 3.17. The lowest BCUT2D eigenvalue weighted by molar-refractivity contribution is -0.140. The second-order valence-corrected chi connectivity index (χ2v) is 6.75. The summed E-state index contributed by atoms with van der Waals surface area (Å²) in [6.07, 6.45) is 6.45. The van der Waals surface area contributed by atoms with Gasteiger partial charge in [-0.25, -0.2) is 4.79 Å². The van der Waals surface area contributed by atoms with E-state index in [-0.39, 0.29) is 12.0 Å². The number of hydrogen-bond donors (Lipinski definition) is 0.